The van der Waals surface area contributed by atoms with Crippen molar-refractivity contribution in [3.8, 4) is 6.07 Å². The number of nitriles is 1. The number of imide groups is 1. The third-order valence-corrected chi connectivity index (χ3v) is 3.18. The van der Waals surface area contributed by atoms with Crippen molar-refractivity contribution >= 4 is 11.8 Å². The van der Waals surface area contributed by atoms with Crippen molar-refractivity contribution < 1.29 is 18.4 Å². The summed E-state index contributed by atoms with van der Waals surface area (Å²) in [6, 6.07) is 2.72. The van der Waals surface area contributed by atoms with Gasteiger partial charge in [-0.15, -0.1) is 0 Å². The zero-order valence-electron chi connectivity index (χ0n) is 10.6. The van der Waals surface area contributed by atoms with E-state index in [4.69, 9.17) is 5.26 Å². The first kappa shape index (κ1) is 14.1. The van der Waals surface area contributed by atoms with Crippen LogP contribution in [0.15, 0.2) is 12.1 Å². The molecule has 1 atom stereocenters. The minimum atomic E-state index is -0.862. The molecule has 104 valence electrons. The minimum absolute atomic E-state index is 0.0329. The zero-order chi connectivity index (χ0) is 14.9. The molecule has 0 aromatic heterocycles. The lowest BCUT2D eigenvalue weighted by molar-refractivity contribution is -0.137. The summed E-state index contributed by atoms with van der Waals surface area (Å²) in [4.78, 5) is 23.9. The number of nitrogens with one attached hydrogen (secondary N) is 1. The monoisotopic (exact) mass is 279 g/mol. The van der Waals surface area contributed by atoms with E-state index < -0.39 is 23.6 Å². The molecule has 7 heteroatoms. The van der Waals surface area contributed by atoms with Gasteiger partial charge >= 0.3 is 0 Å². The van der Waals surface area contributed by atoms with Crippen molar-refractivity contribution in [2.75, 3.05) is 7.05 Å². The van der Waals surface area contributed by atoms with Crippen LogP contribution in [0, 0.1) is 23.0 Å². The van der Waals surface area contributed by atoms with Crippen molar-refractivity contribution in [3.05, 3.63) is 34.9 Å². The van der Waals surface area contributed by atoms with Crippen LogP contribution in [0.2, 0.25) is 0 Å². The third kappa shape index (κ3) is 2.51. The molecule has 1 aliphatic rings. The van der Waals surface area contributed by atoms with Crippen molar-refractivity contribution in [2.45, 2.75) is 19.0 Å². The molecule has 5 nitrogen and oxygen atoms in total. The van der Waals surface area contributed by atoms with Gasteiger partial charge in [0.2, 0.25) is 11.8 Å². The lowest BCUT2D eigenvalue weighted by atomic mass is 10.1. The van der Waals surface area contributed by atoms with Crippen LogP contribution in [-0.4, -0.2) is 29.8 Å². The normalized spacial score (nSPS) is 18.5. The fraction of sp³-hybridized carbons (Fsp3) is 0.308. The Kier molecular flexibility index (Phi) is 3.77. The molecule has 1 aromatic rings. The molecule has 0 spiro atoms. The van der Waals surface area contributed by atoms with E-state index in [9.17, 15) is 18.4 Å². The number of hydrogen-bond donors (Lipinski definition) is 1. The molecular formula is C13H11F2N3O2. The fourth-order valence-corrected chi connectivity index (χ4v) is 1.98. The smallest absolute Gasteiger partial charge is 0.246 e. The molecule has 1 unspecified atom stereocenters. The van der Waals surface area contributed by atoms with E-state index in [2.05, 4.69) is 5.32 Å². The first-order valence-electron chi connectivity index (χ1n) is 5.86. The molecule has 1 heterocycles. The largest absolute Gasteiger partial charge is 0.301 e. The van der Waals surface area contributed by atoms with Gasteiger partial charge in [0.15, 0.2) is 0 Å². The van der Waals surface area contributed by atoms with Crippen molar-refractivity contribution in [3.63, 3.8) is 0 Å². The molecule has 0 aliphatic carbocycles. The standard InChI is InChI=1S/C13H11F2N3O2/c1-18-12(19)4-11(13(18)20)17-6-8-9(14)2-7(5-16)3-10(8)15/h2-3,11,17H,4,6H2,1H3. The van der Waals surface area contributed by atoms with E-state index >= 15 is 0 Å². The van der Waals surface area contributed by atoms with Crippen LogP contribution < -0.4 is 5.32 Å². The van der Waals surface area contributed by atoms with Crippen LogP contribution in [0.25, 0.3) is 0 Å². The van der Waals surface area contributed by atoms with Crippen LogP contribution in [-0.2, 0) is 16.1 Å². The summed E-state index contributed by atoms with van der Waals surface area (Å²) in [7, 11) is 1.36. The zero-order valence-corrected chi connectivity index (χ0v) is 10.6. The van der Waals surface area contributed by atoms with E-state index in [1.54, 1.807) is 6.07 Å². The van der Waals surface area contributed by atoms with Crippen LogP contribution in [0.1, 0.15) is 17.5 Å². The number of carbonyl (C=O) groups excluding carboxylic acids is 2. The summed E-state index contributed by atoms with van der Waals surface area (Å²) in [5.41, 5.74) is -0.380. The van der Waals surface area contributed by atoms with Gasteiger partial charge in [0.05, 0.1) is 24.1 Å². The lowest BCUT2D eigenvalue weighted by Crippen LogP contribution is -2.37. The van der Waals surface area contributed by atoms with Crippen LogP contribution in [0.4, 0.5) is 8.78 Å². The Bertz CT molecular complexity index is 602. The van der Waals surface area contributed by atoms with E-state index in [-0.39, 0.29) is 30.0 Å². The van der Waals surface area contributed by atoms with Crippen molar-refractivity contribution in [1.82, 2.24) is 10.2 Å². The lowest BCUT2D eigenvalue weighted by Gasteiger charge is -2.12. The highest BCUT2D eigenvalue weighted by atomic mass is 19.1. The van der Waals surface area contributed by atoms with Crippen LogP contribution in [0.3, 0.4) is 0 Å². The molecule has 1 fully saturated rings. The summed E-state index contributed by atoms with van der Waals surface area (Å²) in [6.07, 6.45) is -0.0329. The third-order valence-electron chi connectivity index (χ3n) is 3.18. The number of rotatable bonds is 3. The Morgan fingerprint density at radius 2 is 2.00 bits per heavy atom. The minimum Gasteiger partial charge on any atom is -0.301 e. The summed E-state index contributed by atoms with van der Waals surface area (Å²) in [5, 5.41) is 11.2. The molecule has 2 amide bonds. The highest BCUT2D eigenvalue weighted by molar-refractivity contribution is 6.05. The van der Waals surface area contributed by atoms with Crippen molar-refractivity contribution in [1.29, 1.82) is 5.26 Å². The molecular weight excluding hydrogens is 268 g/mol. The number of carbonyl (C=O) groups is 2. The highest BCUT2D eigenvalue weighted by Crippen LogP contribution is 2.17. The number of benzene rings is 1. The predicted molar refractivity (Wildman–Crippen MR) is 64.1 cm³/mol. The molecule has 2 rings (SSSR count). The number of likely N-dealkylation sites (N-methyl/N-ethyl adjacent to an activating group) is 1. The summed E-state index contributed by atoms with van der Waals surface area (Å²) >= 11 is 0. The maximum Gasteiger partial charge on any atom is 0.246 e. The van der Waals surface area contributed by atoms with Gasteiger partial charge in [-0.3, -0.25) is 14.5 Å². The number of nitrogens with zero attached hydrogens (tertiary/aromatic N) is 2. The predicted octanol–water partition coefficient (Wildman–Crippen LogP) is 0.683. The van der Waals surface area contributed by atoms with Gasteiger partial charge in [-0.25, -0.2) is 8.78 Å². The van der Waals surface area contributed by atoms with Crippen LogP contribution in [0.5, 0.6) is 0 Å². The van der Waals surface area contributed by atoms with E-state index in [1.165, 1.54) is 7.05 Å². The Hall–Kier alpha value is -2.33. The maximum absolute atomic E-state index is 13.6. The molecule has 0 bridgehead atoms. The second-order valence-corrected chi connectivity index (χ2v) is 4.46. The summed E-state index contributed by atoms with van der Waals surface area (Å²) in [6.45, 7) is -0.235. The molecule has 0 saturated carbocycles. The van der Waals surface area contributed by atoms with E-state index in [0.717, 1.165) is 17.0 Å². The second-order valence-electron chi connectivity index (χ2n) is 4.46. The van der Waals surface area contributed by atoms with Crippen LogP contribution >= 0.6 is 0 Å². The molecule has 1 aromatic carbocycles. The van der Waals surface area contributed by atoms with Gasteiger partial charge < -0.3 is 5.32 Å². The number of hydrogen-bond acceptors (Lipinski definition) is 4. The molecule has 1 aliphatic heterocycles. The van der Waals surface area contributed by atoms with Gasteiger partial charge in [0.25, 0.3) is 0 Å². The average molecular weight is 279 g/mol. The molecule has 0 radical (unpaired) electrons. The second kappa shape index (κ2) is 5.35. The number of halogens is 2. The molecule has 1 N–H and O–H groups in total. The van der Waals surface area contributed by atoms with Gasteiger partial charge in [-0.05, 0) is 12.1 Å². The first-order valence-corrected chi connectivity index (χ1v) is 5.86. The van der Waals surface area contributed by atoms with Gasteiger partial charge in [-0.2, -0.15) is 5.26 Å². The maximum atomic E-state index is 13.6. The Morgan fingerprint density at radius 3 is 2.45 bits per heavy atom. The van der Waals surface area contributed by atoms with E-state index in [1.807, 2.05) is 0 Å². The quantitative estimate of drug-likeness (QED) is 0.826. The number of likely N-dealkylation sites (tertiary alicyclic amines) is 1. The Morgan fingerprint density at radius 1 is 1.40 bits per heavy atom. The topological polar surface area (TPSA) is 73.2 Å². The van der Waals surface area contributed by atoms with Gasteiger partial charge in [-0.1, -0.05) is 0 Å². The van der Waals surface area contributed by atoms with Gasteiger partial charge in [0.1, 0.15) is 11.6 Å². The molecule has 1 saturated heterocycles. The fourth-order valence-electron chi connectivity index (χ4n) is 1.98. The SMILES string of the molecule is CN1C(=O)CC(NCc2c(F)cc(C#N)cc2F)C1=O. The summed E-state index contributed by atoms with van der Waals surface area (Å²) in [5.74, 6) is -2.49. The van der Waals surface area contributed by atoms with Gasteiger partial charge in [0, 0.05) is 19.2 Å². The molecule has 20 heavy (non-hydrogen) atoms. The number of amides is 2. The average Bonchev–Trinajstić information content (AvgIpc) is 2.65. The highest BCUT2D eigenvalue weighted by Gasteiger charge is 2.35. The summed E-state index contributed by atoms with van der Waals surface area (Å²) < 4.78 is 27.3. The van der Waals surface area contributed by atoms with E-state index in [0.29, 0.717) is 0 Å². The van der Waals surface area contributed by atoms with Crippen molar-refractivity contribution in [2.24, 2.45) is 0 Å². The first-order chi connectivity index (χ1) is 9.43. The Labute approximate surface area is 113 Å². The Balaban J connectivity index is 2.11.